The fraction of sp³-hybridized carbons (Fsp3) is 0.533. The van der Waals surface area contributed by atoms with Crippen molar-refractivity contribution in [2.45, 2.75) is 25.7 Å². The number of hydrogen-bond donors (Lipinski definition) is 3. The first kappa shape index (κ1) is 14.7. The van der Waals surface area contributed by atoms with Gasteiger partial charge in [-0.15, -0.1) is 0 Å². The molecule has 20 heavy (non-hydrogen) atoms. The first-order valence-electron chi connectivity index (χ1n) is 7.17. The number of nitrogens with two attached hydrogens (primary N) is 1. The maximum atomic E-state index is 11.4. The lowest BCUT2D eigenvalue weighted by Crippen LogP contribution is -2.19. The lowest BCUT2D eigenvalue weighted by molar-refractivity contribution is -0.116. The maximum Gasteiger partial charge on any atom is 0.224 e. The molecule has 0 unspecified atom stereocenters. The molecular formula is C15H24N4O. The molecule has 1 aliphatic heterocycles. The fourth-order valence-corrected chi connectivity index (χ4v) is 2.38. The number of hydrogen-bond acceptors (Lipinski definition) is 4. The molecule has 1 aliphatic rings. The summed E-state index contributed by atoms with van der Waals surface area (Å²) in [6.07, 6.45) is 3.57. The summed E-state index contributed by atoms with van der Waals surface area (Å²) in [7, 11) is 4.16. The van der Waals surface area contributed by atoms with Crippen LogP contribution in [-0.4, -0.2) is 38.0 Å². The summed E-state index contributed by atoms with van der Waals surface area (Å²) in [5, 5.41) is 6.26. The van der Waals surface area contributed by atoms with E-state index in [-0.39, 0.29) is 5.91 Å². The van der Waals surface area contributed by atoms with E-state index in [9.17, 15) is 4.79 Å². The van der Waals surface area contributed by atoms with Gasteiger partial charge in [-0.1, -0.05) is 0 Å². The monoisotopic (exact) mass is 276 g/mol. The van der Waals surface area contributed by atoms with Crippen LogP contribution in [0.2, 0.25) is 0 Å². The standard InChI is InChI=1S/C15H24N4O/c1-19(2)8-4-3-7-17-14-10-13-11(9-12(14)16)5-6-15(20)18-13/h9-10,17H,3-8,16H2,1-2H3,(H,18,20). The van der Waals surface area contributed by atoms with Crippen molar-refractivity contribution in [2.75, 3.05) is 43.6 Å². The van der Waals surface area contributed by atoms with Crippen LogP contribution in [0, 0.1) is 0 Å². The van der Waals surface area contributed by atoms with E-state index >= 15 is 0 Å². The van der Waals surface area contributed by atoms with Crippen molar-refractivity contribution >= 4 is 23.0 Å². The van der Waals surface area contributed by atoms with E-state index in [1.54, 1.807) is 0 Å². The van der Waals surface area contributed by atoms with Gasteiger partial charge in [-0.25, -0.2) is 0 Å². The second kappa shape index (κ2) is 6.61. The highest BCUT2D eigenvalue weighted by molar-refractivity contribution is 5.95. The third kappa shape index (κ3) is 3.87. The molecule has 0 atom stereocenters. The Kier molecular flexibility index (Phi) is 4.84. The minimum absolute atomic E-state index is 0.0826. The van der Waals surface area contributed by atoms with Crippen molar-refractivity contribution in [1.29, 1.82) is 0 Å². The zero-order chi connectivity index (χ0) is 14.5. The largest absolute Gasteiger partial charge is 0.397 e. The lowest BCUT2D eigenvalue weighted by Gasteiger charge is -2.20. The predicted octanol–water partition coefficient (Wildman–Crippen LogP) is 1.91. The van der Waals surface area contributed by atoms with Crippen LogP contribution in [-0.2, 0) is 11.2 Å². The molecule has 0 aliphatic carbocycles. The van der Waals surface area contributed by atoms with Gasteiger partial charge in [0, 0.05) is 18.7 Å². The topological polar surface area (TPSA) is 70.4 Å². The highest BCUT2D eigenvalue weighted by Crippen LogP contribution is 2.30. The number of unbranched alkanes of at least 4 members (excludes halogenated alkanes) is 1. The first-order chi connectivity index (χ1) is 9.56. The van der Waals surface area contributed by atoms with Gasteiger partial charge in [0.1, 0.15) is 0 Å². The van der Waals surface area contributed by atoms with E-state index in [4.69, 9.17) is 5.73 Å². The van der Waals surface area contributed by atoms with E-state index in [2.05, 4.69) is 29.6 Å². The number of carbonyl (C=O) groups excluding carboxylic acids is 1. The van der Waals surface area contributed by atoms with Crippen LogP contribution in [0.5, 0.6) is 0 Å². The van der Waals surface area contributed by atoms with Gasteiger partial charge in [-0.05, 0) is 57.6 Å². The Morgan fingerprint density at radius 3 is 2.85 bits per heavy atom. The number of amides is 1. The minimum Gasteiger partial charge on any atom is -0.397 e. The SMILES string of the molecule is CN(C)CCCCNc1cc2c(cc1N)CCC(=O)N2. The van der Waals surface area contributed by atoms with E-state index in [0.29, 0.717) is 6.42 Å². The molecule has 0 radical (unpaired) electrons. The van der Waals surface area contributed by atoms with Gasteiger partial charge >= 0.3 is 0 Å². The summed E-state index contributed by atoms with van der Waals surface area (Å²) < 4.78 is 0. The summed E-state index contributed by atoms with van der Waals surface area (Å²) in [4.78, 5) is 13.6. The zero-order valence-electron chi connectivity index (χ0n) is 12.3. The van der Waals surface area contributed by atoms with Crippen LogP contribution in [0.3, 0.4) is 0 Å². The molecule has 5 heteroatoms. The average Bonchev–Trinajstić information content (AvgIpc) is 2.39. The van der Waals surface area contributed by atoms with Crippen LogP contribution in [0.1, 0.15) is 24.8 Å². The van der Waals surface area contributed by atoms with Crippen LogP contribution in [0.15, 0.2) is 12.1 Å². The van der Waals surface area contributed by atoms with Gasteiger partial charge < -0.3 is 21.3 Å². The summed E-state index contributed by atoms with van der Waals surface area (Å²) in [6.45, 7) is 1.99. The summed E-state index contributed by atoms with van der Waals surface area (Å²) in [5.74, 6) is 0.0826. The minimum atomic E-state index is 0.0826. The molecular weight excluding hydrogens is 252 g/mol. The zero-order valence-corrected chi connectivity index (χ0v) is 12.3. The summed E-state index contributed by atoms with van der Waals surface area (Å²) in [6, 6.07) is 3.92. The predicted molar refractivity (Wildman–Crippen MR) is 84.1 cm³/mol. The quantitative estimate of drug-likeness (QED) is 0.548. The molecule has 4 N–H and O–H groups in total. The van der Waals surface area contributed by atoms with E-state index in [0.717, 1.165) is 55.0 Å². The maximum absolute atomic E-state index is 11.4. The molecule has 1 aromatic carbocycles. The third-order valence-electron chi connectivity index (χ3n) is 3.52. The van der Waals surface area contributed by atoms with Gasteiger partial charge in [0.2, 0.25) is 5.91 Å². The number of nitrogen functional groups attached to an aromatic ring is 1. The van der Waals surface area contributed by atoms with E-state index in [1.165, 1.54) is 0 Å². The Balaban J connectivity index is 1.91. The van der Waals surface area contributed by atoms with Crippen LogP contribution in [0.25, 0.3) is 0 Å². The molecule has 0 spiro atoms. The molecule has 1 amide bonds. The van der Waals surface area contributed by atoms with Crippen LogP contribution < -0.4 is 16.4 Å². The van der Waals surface area contributed by atoms with Crippen LogP contribution in [0.4, 0.5) is 17.1 Å². The van der Waals surface area contributed by atoms with Gasteiger partial charge in [0.15, 0.2) is 0 Å². The highest BCUT2D eigenvalue weighted by Gasteiger charge is 2.16. The number of anilines is 3. The number of benzene rings is 1. The van der Waals surface area contributed by atoms with Crippen molar-refractivity contribution < 1.29 is 4.79 Å². The molecule has 0 fully saturated rings. The Bertz CT molecular complexity index is 485. The van der Waals surface area contributed by atoms with Gasteiger partial charge in [0.25, 0.3) is 0 Å². The van der Waals surface area contributed by atoms with Crippen molar-refractivity contribution in [1.82, 2.24) is 4.90 Å². The molecule has 0 aromatic heterocycles. The Morgan fingerprint density at radius 2 is 2.10 bits per heavy atom. The first-order valence-corrected chi connectivity index (χ1v) is 7.17. The third-order valence-corrected chi connectivity index (χ3v) is 3.52. The molecule has 1 aromatic rings. The van der Waals surface area contributed by atoms with Gasteiger partial charge in [0.05, 0.1) is 11.4 Å². The highest BCUT2D eigenvalue weighted by atomic mass is 16.1. The van der Waals surface area contributed by atoms with Crippen molar-refractivity contribution in [3.8, 4) is 0 Å². The van der Waals surface area contributed by atoms with Crippen molar-refractivity contribution in [2.24, 2.45) is 0 Å². The number of rotatable bonds is 6. The number of nitrogens with one attached hydrogen (secondary N) is 2. The molecule has 5 nitrogen and oxygen atoms in total. The van der Waals surface area contributed by atoms with Crippen LogP contribution >= 0.6 is 0 Å². The fourth-order valence-electron chi connectivity index (χ4n) is 2.38. The molecule has 110 valence electrons. The number of fused-ring (bicyclic) bond motifs is 1. The molecule has 0 saturated carbocycles. The van der Waals surface area contributed by atoms with Crippen molar-refractivity contribution in [3.63, 3.8) is 0 Å². The lowest BCUT2D eigenvalue weighted by atomic mass is 10.0. The van der Waals surface area contributed by atoms with E-state index < -0.39 is 0 Å². The summed E-state index contributed by atoms with van der Waals surface area (Å²) in [5.41, 5.74) is 9.75. The second-order valence-corrected chi connectivity index (χ2v) is 5.58. The number of nitrogens with zero attached hydrogens (tertiary/aromatic N) is 1. The molecule has 1 heterocycles. The number of carbonyl (C=O) groups is 1. The smallest absolute Gasteiger partial charge is 0.224 e. The van der Waals surface area contributed by atoms with Gasteiger partial charge in [-0.2, -0.15) is 0 Å². The normalized spacial score (nSPS) is 14.1. The Labute approximate surface area is 120 Å². The Morgan fingerprint density at radius 1 is 1.30 bits per heavy atom. The van der Waals surface area contributed by atoms with Crippen molar-refractivity contribution in [3.05, 3.63) is 17.7 Å². The molecule has 0 saturated heterocycles. The number of aryl methyl sites for hydroxylation is 1. The van der Waals surface area contributed by atoms with E-state index in [1.807, 2.05) is 12.1 Å². The Hall–Kier alpha value is -1.75. The summed E-state index contributed by atoms with van der Waals surface area (Å²) >= 11 is 0. The molecule has 2 rings (SSSR count). The average molecular weight is 276 g/mol. The second-order valence-electron chi connectivity index (χ2n) is 5.58. The van der Waals surface area contributed by atoms with Gasteiger partial charge in [-0.3, -0.25) is 4.79 Å². The molecule has 0 bridgehead atoms.